The molecule has 378 valence electrons. The van der Waals surface area contributed by atoms with E-state index in [1.54, 1.807) is 16.4 Å². The Morgan fingerprint density at radius 3 is 2.46 bits per heavy atom. The van der Waals surface area contributed by atoms with Gasteiger partial charge in [0.2, 0.25) is 10.0 Å². The van der Waals surface area contributed by atoms with Crippen LogP contribution in [-0.4, -0.2) is 117 Å². The summed E-state index contributed by atoms with van der Waals surface area (Å²) >= 11 is 0. The van der Waals surface area contributed by atoms with Gasteiger partial charge < -0.3 is 29.8 Å². The molecule has 4 N–H and O–H groups in total. The van der Waals surface area contributed by atoms with Gasteiger partial charge in [-0.05, 0) is 110 Å². The van der Waals surface area contributed by atoms with E-state index in [-0.39, 0.29) is 75.5 Å². The maximum atomic E-state index is 14.7. The number of nitrogens with one attached hydrogen (secondary N) is 3. The van der Waals surface area contributed by atoms with Gasteiger partial charge in [0.1, 0.15) is 46.7 Å². The fraction of sp³-hybridized carbons (Fsp3) is 0.490. The zero-order valence-corrected chi connectivity index (χ0v) is 42.0. The molecule has 3 atom stereocenters. The second-order valence-electron chi connectivity index (χ2n) is 21.0. The van der Waals surface area contributed by atoms with Gasteiger partial charge in [0.15, 0.2) is 0 Å². The summed E-state index contributed by atoms with van der Waals surface area (Å²) in [7, 11) is -7.98. The van der Waals surface area contributed by atoms with E-state index in [1.165, 1.54) is 48.0 Å². The molecule has 1 spiro atoms. The molecule has 4 fully saturated rings. The van der Waals surface area contributed by atoms with Gasteiger partial charge in [0.05, 0.1) is 39.9 Å². The minimum atomic E-state index is -4.62. The highest BCUT2D eigenvalue weighted by molar-refractivity contribution is 7.90. The van der Waals surface area contributed by atoms with Crippen LogP contribution in [0.2, 0.25) is 0 Å². The van der Waals surface area contributed by atoms with E-state index < -0.39 is 42.3 Å². The number of anilines is 2. The number of pyridine rings is 1. The number of hydrogen-bond donors (Lipinski definition) is 4. The zero-order chi connectivity index (χ0) is 50.0. The number of piperidine rings is 2. The van der Waals surface area contributed by atoms with Crippen LogP contribution in [0.1, 0.15) is 99.0 Å². The Morgan fingerprint density at radius 1 is 1.00 bits per heavy atom. The normalized spacial score (nSPS) is 25.0. The maximum Gasteiger partial charge on any atom is 0.268 e. The van der Waals surface area contributed by atoms with Crippen molar-refractivity contribution in [3.63, 3.8) is 0 Å². The van der Waals surface area contributed by atoms with Crippen LogP contribution < -0.4 is 24.4 Å². The number of nitrogens with zero attached hydrogens (tertiary/aromatic N) is 5. The number of ether oxygens (including phenoxy) is 2. The van der Waals surface area contributed by atoms with Crippen molar-refractivity contribution in [1.82, 2.24) is 23.9 Å². The Balaban J connectivity index is 0.859. The third kappa shape index (κ3) is 9.84. The van der Waals surface area contributed by atoms with E-state index in [0.29, 0.717) is 50.6 Å². The van der Waals surface area contributed by atoms with Gasteiger partial charge >= 0.3 is 0 Å². The zero-order valence-electron chi connectivity index (χ0n) is 40.4. The minimum absolute atomic E-state index is 0.0130. The number of aliphatic hydroxyl groups is 1. The molecule has 20 heteroatoms. The first-order chi connectivity index (χ1) is 33.8. The van der Waals surface area contributed by atoms with Gasteiger partial charge in [-0.25, -0.2) is 35.2 Å². The maximum absolute atomic E-state index is 14.7. The van der Waals surface area contributed by atoms with Crippen LogP contribution >= 0.6 is 0 Å². The lowest BCUT2D eigenvalue weighted by Crippen LogP contribution is -2.65. The fourth-order valence-corrected chi connectivity index (χ4v) is 13.5. The van der Waals surface area contributed by atoms with Gasteiger partial charge in [-0.1, -0.05) is 38.1 Å². The Kier molecular flexibility index (Phi) is 12.9. The molecule has 4 aliphatic heterocycles. The summed E-state index contributed by atoms with van der Waals surface area (Å²) in [6.07, 6.45) is 9.13. The highest BCUT2D eigenvalue weighted by Gasteiger charge is 2.50. The highest BCUT2D eigenvalue weighted by atomic mass is 32.2. The fourth-order valence-electron chi connectivity index (χ4n) is 11.7. The summed E-state index contributed by atoms with van der Waals surface area (Å²) in [5.74, 6) is -0.828. The molecule has 5 aromatic rings. The second kappa shape index (κ2) is 18.7. The molecule has 5 aliphatic rings. The molecule has 17 nitrogen and oxygen atoms in total. The van der Waals surface area contributed by atoms with Crippen molar-refractivity contribution in [1.29, 1.82) is 0 Å². The molecule has 1 amide bonds. The van der Waals surface area contributed by atoms with E-state index in [0.717, 1.165) is 56.9 Å². The molecule has 1 saturated carbocycles. The van der Waals surface area contributed by atoms with Crippen molar-refractivity contribution in [2.75, 3.05) is 62.3 Å². The van der Waals surface area contributed by atoms with Crippen molar-refractivity contribution < 1.29 is 40.6 Å². The van der Waals surface area contributed by atoms with E-state index in [4.69, 9.17) is 9.47 Å². The van der Waals surface area contributed by atoms with E-state index in [9.17, 15) is 36.0 Å². The van der Waals surface area contributed by atoms with Crippen molar-refractivity contribution >= 4 is 54.0 Å². The number of amides is 1. The number of H-pyrrole nitrogens is 1. The van der Waals surface area contributed by atoms with Crippen LogP contribution in [-0.2, 0) is 20.0 Å². The molecule has 0 radical (unpaired) electrons. The molecule has 3 saturated heterocycles. The Morgan fingerprint density at radius 2 is 1.75 bits per heavy atom. The van der Waals surface area contributed by atoms with Crippen LogP contribution in [0.3, 0.4) is 0 Å². The van der Waals surface area contributed by atoms with Crippen molar-refractivity contribution in [2.24, 2.45) is 16.5 Å². The number of aromatic amines is 1. The number of likely N-dealkylation sites (tertiary alicyclic amines) is 1. The first-order valence-corrected chi connectivity index (χ1v) is 27.8. The van der Waals surface area contributed by atoms with Crippen LogP contribution in [0.15, 0.2) is 83.1 Å². The van der Waals surface area contributed by atoms with Gasteiger partial charge in [-0.2, -0.15) is 0 Å². The monoisotopic (exact) mass is 1010 g/mol. The molecule has 0 unspecified atom stereocenters. The molecular formula is C51H61FN8O9S2. The predicted molar refractivity (Wildman–Crippen MR) is 268 cm³/mol. The number of hydrogen-bond acceptors (Lipinski definition) is 14. The van der Waals surface area contributed by atoms with Crippen LogP contribution in [0.4, 0.5) is 21.5 Å². The van der Waals surface area contributed by atoms with Gasteiger partial charge in [-0.15, -0.1) is 4.91 Å². The lowest BCUT2D eigenvalue weighted by Gasteiger charge is -2.59. The van der Waals surface area contributed by atoms with Crippen LogP contribution in [0.25, 0.3) is 11.0 Å². The average molecular weight is 1010 g/mol. The molecule has 2 aromatic heterocycles. The second-order valence-corrected chi connectivity index (χ2v) is 24.6. The predicted octanol–water partition coefficient (Wildman–Crippen LogP) is 7.97. The number of aromatic nitrogens is 2. The molecule has 0 bridgehead atoms. The molecule has 1 aliphatic carbocycles. The summed E-state index contributed by atoms with van der Waals surface area (Å²) in [4.78, 5) is 37.7. The summed E-state index contributed by atoms with van der Waals surface area (Å²) in [5, 5.41) is 17.1. The van der Waals surface area contributed by atoms with Crippen molar-refractivity contribution in [3.05, 3.63) is 100 Å². The van der Waals surface area contributed by atoms with Crippen LogP contribution in [0, 0.1) is 22.1 Å². The largest absolute Gasteiger partial charge is 0.489 e. The first kappa shape index (κ1) is 48.9. The third-order valence-corrected chi connectivity index (χ3v) is 18.3. The van der Waals surface area contributed by atoms with Gasteiger partial charge in [0, 0.05) is 75.2 Å². The number of benzene rings is 3. The number of carbonyl (C=O) groups is 1. The number of halogens is 1. The van der Waals surface area contributed by atoms with Gasteiger partial charge in [0.25, 0.3) is 15.9 Å². The van der Waals surface area contributed by atoms with E-state index in [2.05, 4.69) is 67.0 Å². The van der Waals surface area contributed by atoms with Gasteiger partial charge in [-0.3, -0.25) is 9.69 Å². The molecule has 10 rings (SSSR count). The number of carbonyl (C=O) groups excluding carboxylic acids is 1. The minimum Gasteiger partial charge on any atom is -0.489 e. The van der Waals surface area contributed by atoms with Crippen molar-refractivity contribution in [3.8, 4) is 17.2 Å². The first-order valence-electron chi connectivity index (χ1n) is 24.5. The Bertz CT molecular complexity index is 3090. The van der Waals surface area contributed by atoms with E-state index >= 15 is 0 Å². The number of sulfonamides is 2. The molecule has 6 heterocycles. The number of rotatable bonds is 12. The Hall–Kier alpha value is -5.67. The molecule has 71 heavy (non-hydrogen) atoms. The quantitative estimate of drug-likeness (QED) is 0.0874. The summed E-state index contributed by atoms with van der Waals surface area (Å²) in [6, 6.07) is 17.1. The SMILES string of the molecule is CC(C)c1ccccc1[C@H]1CN(S(C)(=O)=O)CC[C@H]1N1CC2(CCN(c3ccc(C(=O)NS(=O)(=O)c4cc(N=O)c5c(c4)OC[C@H](C4CCC(C)(O)CC4)N5)c(Oc4cnc5[nH]cc(F)c5c4)c3)CC2)C1. The van der Waals surface area contributed by atoms with Crippen molar-refractivity contribution in [2.45, 2.75) is 100 Å². The number of nitroso groups, excluding NO2 is 1. The smallest absolute Gasteiger partial charge is 0.268 e. The summed E-state index contributed by atoms with van der Waals surface area (Å²) in [6.45, 7) is 10.5. The Labute approximate surface area is 413 Å². The average Bonchev–Trinajstić information content (AvgIpc) is 3.71. The van der Waals surface area contributed by atoms with Crippen LogP contribution in [0.5, 0.6) is 17.2 Å². The van der Waals surface area contributed by atoms with E-state index in [1.807, 2.05) is 13.0 Å². The standard InChI is InChI=1S/C51H61FN8O9S2/c1-31(2)36-7-5-6-8-37(36)40-27-60(70(4,64)65)18-13-44(40)59-29-51(30-59)16-19-58(20-17-51)33-9-10-38(45(21-33)69-34-22-39-41(52)26-54-48(39)53-25-34)49(61)57-71(66,67)35-23-42(56-63)47-46(24-35)68-28-43(55-47)32-11-14-50(3,62)15-12-32/h5-10,21-26,31-32,40,43-44,55,62H,11-20,27-30H2,1-4H3,(H,53,54)(H,57,61)/t32?,40-,43-,44-,50?/m1/s1. The summed E-state index contributed by atoms with van der Waals surface area (Å²) < 4.78 is 84.3. The lowest BCUT2D eigenvalue weighted by atomic mass is 9.69. The molecule has 3 aromatic carbocycles. The summed E-state index contributed by atoms with van der Waals surface area (Å²) in [5.41, 5.74) is 2.80. The number of fused-ring (bicyclic) bond motifs is 2. The topological polar surface area (TPSA) is 216 Å². The third-order valence-electron chi connectivity index (χ3n) is 15.8. The lowest BCUT2D eigenvalue weighted by molar-refractivity contribution is -0.0635. The molecular weight excluding hydrogens is 952 g/mol. The highest BCUT2D eigenvalue weighted by Crippen LogP contribution is 2.48.